The molecule has 2 unspecified atom stereocenters. The van der Waals surface area contributed by atoms with E-state index in [9.17, 15) is 4.39 Å². The van der Waals surface area contributed by atoms with Crippen LogP contribution in [0.5, 0.6) is 0 Å². The maximum absolute atomic E-state index is 13.6. The average Bonchev–Trinajstić information content (AvgIpc) is 2.50. The van der Waals surface area contributed by atoms with Crippen LogP contribution in [0.2, 0.25) is 0 Å². The minimum atomic E-state index is -0.828. The SMILES string of the molecule is CC1(N2CCNCC2)COCC1F. The molecule has 0 saturated carbocycles. The van der Waals surface area contributed by atoms with Crippen molar-refractivity contribution in [3.05, 3.63) is 0 Å². The molecular formula is C9H17FN2O. The number of alkyl halides is 1. The summed E-state index contributed by atoms with van der Waals surface area (Å²) in [5.74, 6) is 0. The molecule has 0 aromatic heterocycles. The van der Waals surface area contributed by atoms with Gasteiger partial charge in [-0.2, -0.15) is 0 Å². The van der Waals surface area contributed by atoms with Crippen LogP contribution in [-0.4, -0.2) is 56.0 Å². The molecular weight excluding hydrogens is 171 g/mol. The first-order chi connectivity index (χ1) is 6.23. The van der Waals surface area contributed by atoms with Crippen LogP contribution >= 0.6 is 0 Å². The lowest BCUT2D eigenvalue weighted by atomic mass is 9.96. The maximum atomic E-state index is 13.6. The van der Waals surface area contributed by atoms with Crippen LogP contribution in [0.1, 0.15) is 6.92 Å². The van der Waals surface area contributed by atoms with E-state index >= 15 is 0 Å². The van der Waals surface area contributed by atoms with Gasteiger partial charge in [-0.25, -0.2) is 4.39 Å². The zero-order valence-electron chi connectivity index (χ0n) is 8.05. The van der Waals surface area contributed by atoms with E-state index < -0.39 is 6.17 Å². The summed E-state index contributed by atoms with van der Waals surface area (Å²) < 4.78 is 18.8. The van der Waals surface area contributed by atoms with E-state index in [0.29, 0.717) is 6.61 Å². The van der Waals surface area contributed by atoms with Crippen molar-refractivity contribution in [3.63, 3.8) is 0 Å². The standard InChI is InChI=1S/C9H17FN2O/c1-9(7-13-6-8(9)10)12-4-2-11-3-5-12/h8,11H,2-7H2,1H3. The summed E-state index contributed by atoms with van der Waals surface area (Å²) in [6, 6.07) is 0. The number of hydrogen-bond acceptors (Lipinski definition) is 3. The summed E-state index contributed by atoms with van der Waals surface area (Å²) in [5.41, 5.74) is -0.373. The maximum Gasteiger partial charge on any atom is 0.144 e. The molecule has 0 aromatic rings. The Bertz CT molecular complexity index is 184. The van der Waals surface area contributed by atoms with Gasteiger partial charge in [0.1, 0.15) is 6.17 Å². The van der Waals surface area contributed by atoms with Crippen LogP contribution < -0.4 is 5.32 Å². The molecule has 2 heterocycles. The largest absolute Gasteiger partial charge is 0.376 e. The molecule has 4 heteroatoms. The zero-order valence-corrected chi connectivity index (χ0v) is 8.05. The third kappa shape index (κ3) is 1.58. The van der Waals surface area contributed by atoms with E-state index in [2.05, 4.69) is 10.2 Å². The predicted octanol–water partition coefficient (Wildman–Crippen LogP) is 0.0186. The molecule has 2 fully saturated rings. The fourth-order valence-electron chi connectivity index (χ4n) is 2.10. The molecule has 0 spiro atoms. The smallest absolute Gasteiger partial charge is 0.144 e. The van der Waals surface area contributed by atoms with Gasteiger partial charge in [-0.05, 0) is 6.92 Å². The van der Waals surface area contributed by atoms with Crippen LogP contribution in [0, 0.1) is 0 Å². The summed E-state index contributed by atoms with van der Waals surface area (Å²) in [6.45, 7) is 6.55. The molecule has 13 heavy (non-hydrogen) atoms. The van der Waals surface area contributed by atoms with Crippen molar-refractivity contribution < 1.29 is 9.13 Å². The Hall–Kier alpha value is -0.190. The molecule has 2 saturated heterocycles. The molecule has 2 rings (SSSR count). The number of rotatable bonds is 1. The van der Waals surface area contributed by atoms with Gasteiger partial charge in [-0.3, -0.25) is 4.90 Å². The van der Waals surface area contributed by atoms with E-state index in [-0.39, 0.29) is 12.1 Å². The van der Waals surface area contributed by atoms with E-state index in [1.807, 2.05) is 6.92 Å². The first kappa shape index (κ1) is 9.37. The summed E-state index contributed by atoms with van der Waals surface area (Å²) >= 11 is 0. The Morgan fingerprint density at radius 3 is 2.69 bits per heavy atom. The summed E-state index contributed by atoms with van der Waals surface area (Å²) in [5, 5.41) is 3.27. The highest BCUT2D eigenvalue weighted by Crippen LogP contribution is 2.28. The van der Waals surface area contributed by atoms with Gasteiger partial charge >= 0.3 is 0 Å². The normalized spacial score (nSPS) is 42.5. The highest BCUT2D eigenvalue weighted by atomic mass is 19.1. The molecule has 0 aromatic carbocycles. The lowest BCUT2D eigenvalue weighted by Crippen LogP contribution is -2.59. The van der Waals surface area contributed by atoms with Crippen molar-refractivity contribution in [1.29, 1.82) is 0 Å². The first-order valence-electron chi connectivity index (χ1n) is 4.91. The second-order valence-corrected chi connectivity index (χ2v) is 4.08. The van der Waals surface area contributed by atoms with Gasteiger partial charge in [-0.1, -0.05) is 0 Å². The van der Waals surface area contributed by atoms with Gasteiger partial charge in [0.15, 0.2) is 0 Å². The molecule has 2 aliphatic rings. The van der Waals surface area contributed by atoms with Crippen molar-refractivity contribution in [2.24, 2.45) is 0 Å². The molecule has 0 amide bonds. The van der Waals surface area contributed by atoms with Gasteiger partial charge < -0.3 is 10.1 Å². The highest BCUT2D eigenvalue weighted by Gasteiger charge is 2.45. The topological polar surface area (TPSA) is 24.5 Å². The number of piperazine rings is 1. The Kier molecular flexibility index (Phi) is 2.53. The Morgan fingerprint density at radius 1 is 1.46 bits per heavy atom. The number of hydrogen-bond donors (Lipinski definition) is 1. The minimum Gasteiger partial charge on any atom is -0.376 e. The average molecular weight is 188 g/mol. The van der Waals surface area contributed by atoms with Crippen LogP contribution in [0.3, 0.4) is 0 Å². The number of ether oxygens (including phenoxy) is 1. The van der Waals surface area contributed by atoms with Crippen LogP contribution in [-0.2, 0) is 4.74 Å². The van der Waals surface area contributed by atoms with Gasteiger partial charge in [0, 0.05) is 26.2 Å². The highest BCUT2D eigenvalue weighted by molar-refractivity contribution is 4.98. The van der Waals surface area contributed by atoms with Crippen LogP contribution in [0.15, 0.2) is 0 Å². The molecule has 1 N–H and O–H groups in total. The van der Waals surface area contributed by atoms with E-state index in [0.717, 1.165) is 26.2 Å². The molecule has 2 aliphatic heterocycles. The predicted molar refractivity (Wildman–Crippen MR) is 48.6 cm³/mol. The van der Waals surface area contributed by atoms with Gasteiger partial charge in [0.05, 0.1) is 18.8 Å². The van der Waals surface area contributed by atoms with Crippen LogP contribution in [0.25, 0.3) is 0 Å². The second-order valence-electron chi connectivity index (χ2n) is 4.08. The third-order valence-corrected chi connectivity index (χ3v) is 3.17. The van der Waals surface area contributed by atoms with Gasteiger partial charge in [-0.15, -0.1) is 0 Å². The summed E-state index contributed by atoms with van der Waals surface area (Å²) in [7, 11) is 0. The summed E-state index contributed by atoms with van der Waals surface area (Å²) in [6.07, 6.45) is -0.828. The summed E-state index contributed by atoms with van der Waals surface area (Å²) in [4.78, 5) is 2.21. The van der Waals surface area contributed by atoms with Crippen LogP contribution in [0.4, 0.5) is 4.39 Å². The fourth-order valence-corrected chi connectivity index (χ4v) is 2.10. The van der Waals surface area contributed by atoms with Gasteiger partial charge in [0.25, 0.3) is 0 Å². The number of halogens is 1. The minimum absolute atomic E-state index is 0.264. The van der Waals surface area contributed by atoms with Crippen molar-refractivity contribution in [3.8, 4) is 0 Å². The first-order valence-corrected chi connectivity index (χ1v) is 4.91. The van der Waals surface area contributed by atoms with E-state index in [4.69, 9.17) is 4.74 Å². The molecule has 3 nitrogen and oxygen atoms in total. The Balaban J connectivity index is 2.03. The quantitative estimate of drug-likeness (QED) is 0.628. The van der Waals surface area contributed by atoms with E-state index in [1.54, 1.807) is 0 Å². The van der Waals surface area contributed by atoms with Crippen molar-refractivity contribution in [2.45, 2.75) is 18.6 Å². The molecule has 2 atom stereocenters. The van der Waals surface area contributed by atoms with Crippen molar-refractivity contribution >= 4 is 0 Å². The molecule has 76 valence electrons. The number of nitrogens with one attached hydrogen (secondary N) is 1. The zero-order chi connectivity index (χ0) is 9.31. The third-order valence-electron chi connectivity index (χ3n) is 3.17. The Labute approximate surface area is 78.2 Å². The fraction of sp³-hybridized carbons (Fsp3) is 1.00. The molecule has 0 bridgehead atoms. The number of nitrogens with zero attached hydrogens (tertiary/aromatic N) is 1. The van der Waals surface area contributed by atoms with Crippen molar-refractivity contribution in [1.82, 2.24) is 10.2 Å². The molecule has 0 radical (unpaired) electrons. The lowest BCUT2D eigenvalue weighted by Gasteiger charge is -2.41. The van der Waals surface area contributed by atoms with E-state index in [1.165, 1.54) is 0 Å². The van der Waals surface area contributed by atoms with Gasteiger partial charge in [0.2, 0.25) is 0 Å². The second kappa shape index (κ2) is 3.52. The molecule has 0 aliphatic carbocycles. The Morgan fingerprint density at radius 2 is 2.15 bits per heavy atom. The monoisotopic (exact) mass is 188 g/mol. The lowest BCUT2D eigenvalue weighted by molar-refractivity contribution is 0.0398. The van der Waals surface area contributed by atoms with Crippen molar-refractivity contribution in [2.75, 3.05) is 39.4 Å².